The molecule has 1 aromatic carbocycles. The second-order valence-electron chi connectivity index (χ2n) is 4.96. The molecule has 0 aromatic heterocycles. The molecule has 0 amide bonds. The highest BCUT2D eigenvalue weighted by Gasteiger charge is 2.21. The van der Waals surface area contributed by atoms with Crippen LogP contribution in [0.5, 0.6) is 5.75 Å². The van der Waals surface area contributed by atoms with E-state index in [-0.39, 0.29) is 17.5 Å². The number of hydrogen-bond donors (Lipinski definition) is 0. The highest BCUT2D eigenvalue weighted by molar-refractivity contribution is 5.98. The number of carbonyl (C=O) groups is 1. The van der Waals surface area contributed by atoms with Crippen LogP contribution in [0.25, 0.3) is 0 Å². The average molecular weight is 268 g/mol. The normalized spacial score (nSPS) is 17.2. The maximum absolute atomic E-state index is 12.3. The Kier molecular flexibility index (Phi) is 4.88. The lowest BCUT2D eigenvalue weighted by atomic mass is 9.91. The molecule has 1 saturated carbocycles. The molecular weight excluding hydrogens is 250 g/mol. The number of alkyl halides is 2. The largest absolute Gasteiger partial charge is 0.435 e. The van der Waals surface area contributed by atoms with Gasteiger partial charge in [-0.25, -0.2) is 0 Å². The Bertz CT molecular complexity index is 424. The second kappa shape index (κ2) is 6.64. The predicted octanol–water partition coefficient (Wildman–Crippen LogP) is 4.44. The number of halogens is 2. The van der Waals surface area contributed by atoms with Gasteiger partial charge < -0.3 is 4.74 Å². The van der Waals surface area contributed by atoms with E-state index in [2.05, 4.69) is 4.74 Å². The van der Waals surface area contributed by atoms with Gasteiger partial charge in [-0.2, -0.15) is 8.78 Å². The molecule has 0 spiro atoms. The number of ketones is 1. The Morgan fingerprint density at radius 2 is 1.84 bits per heavy atom. The molecule has 0 heterocycles. The van der Waals surface area contributed by atoms with Crippen LogP contribution in [0.15, 0.2) is 24.3 Å². The van der Waals surface area contributed by atoms with E-state index in [1.165, 1.54) is 25.0 Å². The molecule has 19 heavy (non-hydrogen) atoms. The Hall–Kier alpha value is -1.45. The molecule has 1 fully saturated rings. The maximum Gasteiger partial charge on any atom is 0.387 e. The Balaban J connectivity index is 2.09. The summed E-state index contributed by atoms with van der Waals surface area (Å²) in [6.45, 7) is -2.86. The van der Waals surface area contributed by atoms with Gasteiger partial charge >= 0.3 is 6.61 Å². The fourth-order valence-corrected chi connectivity index (χ4v) is 2.60. The van der Waals surface area contributed by atoms with Gasteiger partial charge in [-0.05, 0) is 25.0 Å². The monoisotopic (exact) mass is 268 g/mol. The lowest BCUT2D eigenvalue weighted by Gasteiger charge is -2.13. The zero-order valence-electron chi connectivity index (χ0n) is 10.8. The van der Waals surface area contributed by atoms with Crippen molar-refractivity contribution in [3.63, 3.8) is 0 Å². The molecule has 0 N–H and O–H groups in total. The third-order valence-electron chi connectivity index (χ3n) is 3.57. The lowest BCUT2D eigenvalue weighted by molar-refractivity contribution is -0.0498. The Labute approximate surface area is 111 Å². The van der Waals surface area contributed by atoms with E-state index in [0.717, 1.165) is 25.7 Å². The van der Waals surface area contributed by atoms with E-state index in [4.69, 9.17) is 0 Å². The molecule has 1 aromatic rings. The number of rotatable bonds is 4. The van der Waals surface area contributed by atoms with Crippen LogP contribution in [0.1, 0.15) is 48.9 Å². The zero-order valence-corrected chi connectivity index (χ0v) is 10.8. The molecule has 0 atom stereocenters. The van der Waals surface area contributed by atoms with Crippen molar-refractivity contribution in [3.8, 4) is 5.75 Å². The minimum atomic E-state index is -2.86. The fourth-order valence-electron chi connectivity index (χ4n) is 2.60. The first-order valence-electron chi connectivity index (χ1n) is 6.76. The van der Waals surface area contributed by atoms with Crippen molar-refractivity contribution < 1.29 is 18.3 Å². The lowest BCUT2D eigenvalue weighted by Crippen LogP contribution is -2.14. The summed E-state index contributed by atoms with van der Waals surface area (Å²) in [6.07, 6.45) is 6.31. The second-order valence-corrected chi connectivity index (χ2v) is 4.96. The minimum absolute atomic E-state index is 0.0318. The first-order chi connectivity index (χ1) is 9.16. The van der Waals surface area contributed by atoms with Crippen molar-refractivity contribution in [2.75, 3.05) is 0 Å². The third kappa shape index (κ3) is 4.01. The molecule has 1 aliphatic rings. The standard InChI is InChI=1S/C15H18F2O2/c16-15(17)19-13-9-5-8-12(10-13)14(18)11-6-3-1-2-4-7-11/h5,8-11,15H,1-4,6-7H2. The highest BCUT2D eigenvalue weighted by atomic mass is 19.3. The molecule has 0 bridgehead atoms. The summed E-state index contributed by atoms with van der Waals surface area (Å²) in [5.74, 6) is 0.139. The van der Waals surface area contributed by atoms with Gasteiger partial charge in [-0.3, -0.25) is 4.79 Å². The minimum Gasteiger partial charge on any atom is -0.435 e. The van der Waals surface area contributed by atoms with Gasteiger partial charge in [0.15, 0.2) is 5.78 Å². The van der Waals surface area contributed by atoms with Crippen LogP contribution in [-0.4, -0.2) is 12.4 Å². The third-order valence-corrected chi connectivity index (χ3v) is 3.57. The van der Waals surface area contributed by atoms with Gasteiger partial charge in [-0.1, -0.05) is 37.8 Å². The topological polar surface area (TPSA) is 26.3 Å². The molecule has 0 radical (unpaired) electrons. The molecule has 1 aliphatic carbocycles. The smallest absolute Gasteiger partial charge is 0.387 e. The van der Waals surface area contributed by atoms with Crippen LogP contribution in [0.4, 0.5) is 8.78 Å². The Morgan fingerprint density at radius 1 is 1.16 bits per heavy atom. The number of carbonyl (C=O) groups excluding carboxylic acids is 1. The molecule has 0 aliphatic heterocycles. The van der Waals surface area contributed by atoms with Crippen LogP contribution in [0, 0.1) is 5.92 Å². The van der Waals surface area contributed by atoms with Crippen molar-refractivity contribution in [2.24, 2.45) is 5.92 Å². The zero-order chi connectivity index (χ0) is 13.7. The fraction of sp³-hybridized carbons (Fsp3) is 0.533. The number of hydrogen-bond acceptors (Lipinski definition) is 2. The highest BCUT2D eigenvalue weighted by Crippen LogP contribution is 2.27. The number of Topliss-reactive ketones (excluding diaryl/α,β-unsaturated/α-hetero) is 1. The summed E-state index contributed by atoms with van der Waals surface area (Å²) in [7, 11) is 0. The van der Waals surface area contributed by atoms with E-state index < -0.39 is 6.61 Å². The number of ether oxygens (including phenoxy) is 1. The molecule has 0 unspecified atom stereocenters. The maximum atomic E-state index is 12.3. The van der Waals surface area contributed by atoms with E-state index in [0.29, 0.717) is 5.56 Å². The van der Waals surface area contributed by atoms with Gasteiger partial charge in [-0.15, -0.1) is 0 Å². The summed E-state index contributed by atoms with van der Waals surface area (Å²) in [5.41, 5.74) is 0.477. The van der Waals surface area contributed by atoms with Crippen molar-refractivity contribution in [3.05, 3.63) is 29.8 Å². The van der Waals surface area contributed by atoms with Gasteiger partial charge in [0, 0.05) is 11.5 Å². The molecular formula is C15H18F2O2. The summed E-state index contributed by atoms with van der Waals surface area (Å²) in [5, 5.41) is 0. The summed E-state index contributed by atoms with van der Waals surface area (Å²) in [4.78, 5) is 12.3. The van der Waals surface area contributed by atoms with Crippen LogP contribution in [0.3, 0.4) is 0 Å². The summed E-state index contributed by atoms with van der Waals surface area (Å²) < 4.78 is 28.6. The summed E-state index contributed by atoms with van der Waals surface area (Å²) >= 11 is 0. The average Bonchev–Trinajstić information content (AvgIpc) is 2.66. The van der Waals surface area contributed by atoms with Gasteiger partial charge in [0.2, 0.25) is 0 Å². The molecule has 2 rings (SSSR count). The van der Waals surface area contributed by atoms with Gasteiger partial charge in [0.05, 0.1) is 0 Å². The first-order valence-corrected chi connectivity index (χ1v) is 6.76. The van der Waals surface area contributed by atoms with E-state index in [1.54, 1.807) is 12.1 Å². The van der Waals surface area contributed by atoms with Crippen LogP contribution >= 0.6 is 0 Å². The quantitative estimate of drug-likeness (QED) is 0.596. The van der Waals surface area contributed by atoms with E-state index in [9.17, 15) is 13.6 Å². The molecule has 104 valence electrons. The molecule has 2 nitrogen and oxygen atoms in total. The molecule has 4 heteroatoms. The number of benzene rings is 1. The van der Waals surface area contributed by atoms with Crippen molar-refractivity contribution in [1.82, 2.24) is 0 Å². The van der Waals surface area contributed by atoms with E-state index in [1.807, 2.05) is 0 Å². The summed E-state index contributed by atoms with van der Waals surface area (Å²) in [6, 6.07) is 6.11. The predicted molar refractivity (Wildman–Crippen MR) is 68.6 cm³/mol. The SMILES string of the molecule is O=C(c1cccc(OC(F)F)c1)C1CCCCCC1. The van der Waals surface area contributed by atoms with Crippen molar-refractivity contribution >= 4 is 5.78 Å². The van der Waals surface area contributed by atoms with Crippen LogP contribution in [0.2, 0.25) is 0 Å². The first kappa shape index (κ1) is 14.0. The Morgan fingerprint density at radius 3 is 2.47 bits per heavy atom. The van der Waals surface area contributed by atoms with E-state index >= 15 is 0 Å². The van der Waals surface area contributed by atoms with Crippen LogP contribution in [-0.2, 0) is 0 Å². The molecule has 0 saturated heterocycles. The van der Waals surface area contributed by atoms with Crippen molar-refractivity contribution in [2.45, 2.75) is 45.1 Å². The van der Waals surface area contributed by atoms with Gasteiger partial charge in [0.1, 0.15) is 5.75 Å². The van der Waals surface area contributed by atoms with Crippen molar-refractivity contribution in [1.29, 1.82) is 0 Å². The van der Waals surface area contributed by atoms with Gasteiger partial charge in [0.25, 0.3) is 0 Å². The van der Waals surface area contributed by atoms with Crippen LogP contribution < -0.4 is 4.74 Å².